The molecule has 0 N–H and O–H groups in total. The summed E-state index contributed by atoms with van der Waals surface area (Å²) in [6.45, 7) is 4.98. The van der Waals surface area contributed by atoms with Crippen LogP contribution in [0.1, 0.15) is 25.8 Å². The van der Waals surface area contributed by atoms with Gasteiger partial charge in [0.2, 0.25) is 0 Å². The number of benzene rings is 3. The third-order valence-electron chi connectivity index (χ3n) is 5.66. The lowest BCUT2D eigenvalue weighted by molar-refractivity contribution is -0.120. The van der Waals surface area contributed by atoms with E-state index in [1.165, 1.54) is 4.90 Å². The summed E-state index contributed by atoms with van der Waals surface area (Å²) in [5.41, 5.74) is 2.62. The van der Waals surface area contributed by atoms with Crippen LogP contribution in [0.5, 0.6) is 11.5 Å². The van der Waals surface area contributed by atoms with Crippen LogP contribution in [0.2, 0.25) is 0 Å². The molecule has 0 saturated heterocycles. The van der Waals surface area contributed by atoms with Crippen molar-refractivity contribution in [1.29, 1.82) is 0 Å². The Morgan fingerprint density at radius 3 is 2.15 bits per heavy atom. The molecule has 0 saturated carbocycles. The molecule has 0 radical (unpaired) electrons. The molecule has 1 aliphatic rings. The molecule has 34 heavy (non-hydrogen) atoms. The largest absolute Gasteiger partial charge is 0.497 e. The Labute approximate surface area is 200 Å². The molecule has 174 valence electrons. The van der Waals surface area contributed by atoms with Gasteiger partial charge in [-0.05, 0) is 55.3 Å². The summed E-state index contributed by atoms with van der Waals surface area (Å²) in [6, 6.07) is 24.0. The predicted molar refractivity (Wildman–Crippen MR) is 134 cm³/mol. The van der Waals surface area contributed by atoms with Crippen molar-refractivity contribution in [3.8, 4) is 11.5 Å². The fourth-order valence-corrected chi connectivity index (χ4v) is 4.06. The van der Waals surface area contributed by atoms with Crippen molar-refractivity contribution in [3.05, 3.63) is 90.1 Å². The summed E-state index contributed by atoms with van der Waals surface area (Å²) in [5.74, 6) is 0.415. The number of hydrogen-bond acceptors (Lipinski definition) is 5. The second-order valence-corrected chi connectivity index (χ2v) is 7.79. The molecular formula is C28H28N2O4. The summed E-state index contributed by atoms with van der Waals surface area (Å²) in [6.07, 6.45) is 0.814. The van der Waals surface area contributed by atoms with E-state index >= 15 is 0 Å². The van der Waals surface area contributed by atoms with Crippen LogP contribution in [0, 0.1) is 0 Å². The van der Waals surface area contributed by atoms with E-state index in [1.807, 2.05) is 55.1 Å². The van der Waals surface area contributed by atoms with Gasteiger partial charge in [0.15, 0.2) is 0 Å². The van der Waals surface area contributed by atoms with E-state index in [9.17, 15) is 9.59 Å². The van der Waals surface area contributed by atoms with Gasteiger partial charge in [-0.3, -0.25) is 9.59 Å². The van der Waals surface area contributed by atoms with E-state index in [0.29, 0.717) is 47.2 Å². The van der Waals surface area contributed by atoms with Gasteiger partial charge in [-0.2, -0.15) is 0 Å². The van der Waals surface area contributed by atoms with Crippen molar-refractivity contribution in [2.75, 3.05) is 30.1 Å². The number of nitrogens with zero attached hydrogens (tertiary/aromatic N) is 2. The minimum Gasteiger partial charge on any atom is -0.497 e. The first-order chi connectivity index (χ1) is 16.6. The highest BCUT2D eigenvalue weighted by Gasteiger charge is 2.43. The first kappa shape index (κ1) is 23.1. The number of methoxy groups -OCH3 is 1. The molecular weight excluding hydrogens is 428 g/mol. The number of rotatable bonds is 9. The van der Waals surface area contributed by atoms with Crippen LogP contribution in [0.15, 0.2) is 84.6 Å². The van der Waals surface area contributed by atoms with Crippen LogP contribution < -0.4 is 19.3 Å². The van der Waals surface area contributed by atoms with Crippen molar-refractivity contribution in [2.24, 2.45) is 0 Å². The Balaban J connectivity index is 1.87. The summed E-state index contributed by atoms with van der Waals surface area (Å²) < 4.78 is 11.2. The van der Waals surface area contributed by atoms with Crippen molar-refractivity contribution in [3.63, 3.8) is 0 Å². The highest BCUT2D eigenvalue weighted by atomic mass is 16.5. The van der Waals surface area contributed by atoms with E-state index in [1.54, 1.807) is 49.6 Å². The Bertz CT molecular complexity index is 1200. The van der Waals surface area contributed by atoms with Crippen molar-refractivity contribution in [2.45, 2.75) is 20.3 Å². The lowest BCUT2D eigenvalue weighted by atomic mass is 10.0. The zero-order chi connectivity index (χ0) is 24.1. The van der Waals surface area contributed by atoms with Gasteiger partial charge < -0.3 is 14.4 Å². The van der Waals surface area contributed by atoms with Crippen LogP contribution in [-0.2, 0) is 9.59 Å². The summed E-state index contributed by atoms with van der Waals surface area (Å²) in [4.78, 5) is 31.0. The summed E-state index contributed by atoms with van der Waals surface area (Å²) in [5, 5.41) is 0. The fourth-order valence-electron chi connectivity index (χ4n) is 4.06. The molecule has 1 heterocycles. The van der Waals surface area contributed by atoms with Crippen LogP contribution in [0.4, 0.5) is 11.4 Å². The van der Waals surface area contributed by atoms with Crippen molar-refractivity contribution in [1.82, 2.24) is 0 Å². The standard InChI is InChI=1S/C28H28N2O4/c1-4-19-34-24-14-10-9-13-23(24)30-27(31)25(20-15-17-22(33-3)18-16-20)26(28(30)32)29(5-2)21-11-7-6-8-12-21/h6-18H,4-5,19H2,1-3H3. The highest BCUT2D eigenvalue weighted by molar-refractivity contribution is 6.46. The molecule has 4 rings (SSSR count). The highest BCUT2D eigenvalue weighted by Crippen LogP contribution is 2.40. The first-order valence-corrected chi connectivity index (χ1v) is 11.4. The third-order valence-corrected chi connectivity index (χ3v) is 5.66. The smallest absolute Gasteiger partial charge is 0.282 e. The number of para-hydroxylation sites is 3. The Morgan fingerprint density at radius 1 is 0.824 bits per heavy atom. The van der Waals surface area contributed by atoms with Crippen LogP contribution in [0.3, 0.4) is 0 Å². The number of hydrogen-bond donors (Lipinski definition) is 0. The second kappa shape index (κ2) is 10.3. The number of carbonyl (C=O) groups is 2. The zero-order valence-corrected chi connectivity index (χ0v) is 19.7. The van der Waals surface area contributed by atoms with Gasteiger partial charge in [0.25, 0.3) is 11.8 Å². The molecule has 0 aromatic heterocycles. The molecule has 6 nitrogen and oxygen atoms in total. The number of anilines is 2. The van der Waals surface area contributed by atoms with Crippen LogP contribution in [-0.4, -0.2) is 32.1 Å². The molecule has 0 spiro atoms. The van der Waals surface area contributed by atoms with E-state index in [4.69, 9.17) is 9.47 Å². The normalized spacial score (nSPS) is 13.4. The Kier molecular flexibility index (Phi) is 6.97. The molecule has 0 fully saturated rings. The first-order valence-electron chi connectivity index (χ1n) is 11.4. The number of carbonyl (C=O) groups excluding carboxylic acids is 2. The topological polar surface area (TPSA) is 59.1 Å². The molecule has 0 unspecified atom stereocenters. The lowest BCUT2D eigenvalue weighted by Gasteiger charge is -2.25. The van der Waals surface area contributed by atoms with E-state index in [2.05, 4.69) is 0 Å². The number of likely N-dealkylation sites (N-methyl/N-ethyl adjacent to an activating group) is 1. The van der Waals surface area contributed by atoms with Gasteiger partial charge in [0.05, 0.1) is 25.0 Å². The maximum Gasteiger partial charge on any atom is 0.282 e. The molecule has 6 heteroatoms. The molecule has 1 aliphatic heterocycles. The number of ether oxygens (including phenoxy) is 2. The Hall–Kier alpha value is -4.06. The molecule has 0 bridgehead atoms. The summed E-state index contributed by atoms with van der Waals surface area (Å²) >= 11 is 0. The van der Waals surface area contributed by atoms with Crippen molar-refractivity contribution >= 4 is 28.8 Å². The maximum absolute atomic E-state index is 13.9. The number of amides is 2. The Morgan fingerprint density at radius 2 is 1.50 bits per heavy atom. The van der Waals surface area contributed by atoms with Crippen molar-refractivity contribution < 1.29 is 19.1 Å². The molecule has 0 aliphatic carbocycles. The lowest BCUT2D eigenvalue weighted by Crippen LogP contribution is -2.35. The van der Waals surface area contributed by atoms with Gasteiger partial charge in [-0.15, -0.1) is 0 Å². The zero-order valence-electron chi connectivity index (χ0n) is 19.7. The van der Waals surface area contributed by atoms with E-state index in [0.717, 1.165) is 12.1 Å². The quantitative estimate of drug-likeness (QED) is 0.409. The van der Waals surface area contributed by atoms with Crippen LogP contribution >= 0.6 is 0 Å². The van der Waals surface area contributed by atoms with Gasteiger partial charge in [-0.1, -0.05) is 49.4 Å². The van der Waals surface area contributed by atoms with Crippen LogP contribution in [0.25, 0.3) is 5.57 Å². The molecule has 2 amide bonds. The fraction of sp³-hybridized carbons (Fsp3) is 0.214. The molecule has 0 atom stereocenters. The SMILES string of the molecule is CCCOc1ccccc1N1C(=O)C(c2ccc(OC)cc2)=C(N(CC)c2ccccc2)C1=O. The minimum atomic E-state index is -0.382. The average Bonchev–Trinajstić information content (AvgIpc) is 3.13. The molecule has 3 aromatic rings. The maximum atomic E-state index is 13.9. The van der Waals surface area contributed by atoms with Gasteiger partial charge >= 0.3 is 0 Å². The number of imide groups is 1. The average molecular weight is 457 g/mol. The third kappa shape index (κ3) is 4.27. The van der Waals surface area contributed by atoms with Gasteiger partial charge in [0.1, 0.15) is 17.2 Å². The summed E-state index contributed by atoms with van der Waals surface area (Å²) in [7, 11) is 1.59. The monoisotopic (exact) mass is 456 g/mol. The van der Waals surface area contributed by atoms with Gasteiger partial charge in [-0.25, -0.2) is 4.90 Å². The predicted octanol–water partition coefficient (Wildman–Crippen LogP) is 5.30. The molecule has 3 aromatic carbocycles. The van der Waals surface area contributed by atoms with Gasteiger partial charge in [0, 0.05) is 12.2 Å². The minimum absolute atomic E-state index is 0.342. The van der Waals surface area contributed by atoms with E-state index in [-0.39, 0.29) is 11.8 Å². The van der Waals surface area contributed by atoms with E-state index < -0.39 is 0 Å². The second-order valence-electron chi connectivity index (χ2n) is 7.79.